The average molecular weight is 406 g/mol. The number of amides is 1. The van der Waals surface area contributed by atoms with Crippen LogP contribution in [-0.4, -0.2) is 55.5 Å². The van der Waals surface area contributed by atoms with Gasteiger partial charge in [0.1, 0.15) is 11.6 Å². The van der Waals surface area contributed by atoms with E-state index in [4.69, 9.17) is 16.3 Å². The quantitative estimate of drug-likeness (QED) is 0.769. The van der Waals surface area contributed by atoms with Crippen molar-refractivity contribution in [1.82, 2.24) is 15.1 Å². The van der Waals surface area contributed by atoms with Crippen LogP contribution in [0.5, 0.6) is 5.75 Å². The predicted molar refractivity (Wildman–Crippen MR) is 108 cm³/mol. The van der Waals surface area contributed by atoms with Gasteiger partial charge in [-0.3, -0.25) is 9.69 Å². The third-order valence-electron chi connectivity index (χ3n) is 4.74. The predicted octanol–water partition coefficient (Wildman–Crippen LogP) is 2.92. The van der Waals surface area contributed by atoms with E-state index in [2.05, 4.69) is 34.3 Å². The van der Waals surface area contributed by atoms with E-state index in [1.165, 1.54) is 23.8 Å². The van der Waals surface area contributed by atoms with Crippen molar-refractivity contribution in [3.63, 3.8) is 0 Å². The van der Waals surface area contributed by atoms with Crippen LogP contribution in [0.15, 0.2) is 42.5 Å². The maximum atomic E-state index is 13.1. The molecule has 0 spiro atoms. The maximum Gasteiger partial charge on any atom is 0.258 e. The van der Waals surface area contributed by atoms with Crippen LogP contribution in [0.4, 0.5) is 4.39 Å². The van der Waals surface area contributed by atoms with Crippen molar-refractivity contribution in [3.05, 3.63) is 64.4 Å². The van der Waals surface area contributed by atoms with Crippen molar-refractivity contribution in [2.45, 2.75) is 13.1 Å². The Balaban J connectivity index is 1.44. The summed E-state index contributed by atoms with van der Waals surface area (Å²) in [5.41, 5.74) is 2.29. The largest absolute Gasteiger partial charge is 0.484 e. The van der Waals surface area contributed by atoms with Crippen molar-refractivity contribution >= 4 is 17.5 Å². The van der Waals surface area contributed by atoms with Crippen molar-refractivity contribution in [3.8, 4) is 5.75 Å². The fourth-order valence-electron chi connectivity index (χ4n) is 3.07. The first-order chi connectivity index (χ1) is 13.5. The summed E-state index contributed by atoms with van der Waals surface area (Å²) in [5, 5.41) is 2.81. The molecule has 5 nitrogen and oxygen atoms in total. The van der Waals surface area contributed by atoms with Gasteiger partial charge in [-0.2, -0.15) is 0 Å². The molecule has 1 heterocycles. The standard InChI is InChI=1S/C21H25ClFN3O2/c1-25-7-9-26(10-8-25)14-17-4-2-3-16(11-17)13-24-21(27)15-28-18-5-6-20(23)19(22)12-18/h2-6,11-12H,7-10,13-15H2,1H3,(H,24,27). The first-order valence-electron chi connectivity index (χ1n) is 9.33. The van der Waals surface area contributed by atoms with Crippen LogP contribution >= 0.6 is 11.6 Å². The number of rotatable bonds is 7. The van der Waals surface area contributed by atoms with Crippen LogP contribution in [0.3, 0.4) is 0 Å². The molecule has 1 aliphatic heterocycles. The van der Waals surface area contributed by atoms with E-state index in [1.807, 2.05) is 12.1 Å². The van der Waals surface area contributed by atoms with E-state index in [0.717, 1.165) is 38.3 Å². The number of benzene rings is 2. The molecule has 1 saturated heterocycles. The van der Waals surface area contributed by atoms with Gasteiger partial charge in [-0.25, -0.2) is 4.39 Å². The monoisotopic (exact) mass is 405 g/mol. The summed E-state index contributed by atoms with van der Waals surface area (Å²) in [4.78, 5) is 16.8. The van der Waals surface area contributed by atoms with Gasteiger partial charge in [0.15, 0.2) is 6.61 Å². The molecule has 1 amide bonds. The Morgan fingerprint density at radius 3 is 2.64 bits per heavy atom. The minimum Gasteiger partial charge on any atom is -0.484 e. The third kappa shape index (κ3) is 6.19. The van der Waals surface area contributed by atoms with Crippen molar-refractivity contribution in [1.29, 1.82) is 0 Å². The number of hydrogen-bond acceptors (Lipinski definition) is 4. The lowest BCUT2D eigenvalue weighted by atomic mass is 10.1. The van der Waals surface area contributed by atoms with Crippen LogP contribution in [0.25, 0.3) is 0 Å². The van der Waals surface area contributed by atoms with Gasteiger partial charge in [0.05, 0.1) is 5.02 Å². The van der Waals surface area contributed by atoms with Gasteiger partial charge in [-0.1, -0.05) is 35.9 Å². The first-order valence-corrected chi connectivity index (χ1v) is 9.70. The zero-order chi connectivity index (χ0) is 19.9. The third-order valence-corrected chi connectivity index (χ3v) is 5.03. The summed E-state index contributed by atoms with van der Waals surface area (Å²) in [6.45, 7) is 5.53. The summed E-state index contributed by atoms with van der Waals surface area (Å²) in [6.07, 6.45) is 0. The average Bonchev–Trinajstić information content (AvgIpc) is 2.69. The maximum absolute atomic E-state index is 13.1. The SMILES string of the molecule is CN1CCN(Cc2cccc(CNC(=O)COc3ccc(F)c(Cl)c3)c2)CC1. The summed E-state index contributed by atoms with van der Waals surface area (Å²) >= 11 is 5.70. The van der Waals surface area contributed by atoms with Gasteiger partial charge < -0.3 is 15.0 Å². The molecule has 0 atom stereocenters. The molecule has 0 radical (unpaired) electrons. The van der Waals surface area contributed by atoms with E-state index in [0.29, 0.717) is 12.3 Å². The first kappa shape index (κ1) is 20.6. The molecule has 0 saturated carbocycles. The van der Waals surface area contributed by atoms with Gasteiger partial charge in [0.2, 0.25) is 0 Å². The molecule has 7 heteroatoms. The lowest BCUT2D eigenvalue weighted by molar-refractivity contribution is -0.123. The zero-order valence-corrected chi connectivity index (χ0v) is 16.7. The molecule has 2 aromatic carbocycles. The zero-order valence-electron chi connectivity index (χ0n) is 16.0. The van der Waals surface area contributed by atoms with Crippen LogP contribution in [0, 0.1) is 5.82 Å². The van der Waals surface area contributed by atoms with E-state index >= 15 is 0 Å². The normalized spacial score (nSPS) is 15.4. The van der Waals surface area contributed by atoms with Crippen molar-refractivity contribution < 1.29 is 13.9 Å². The lowest BCUT2D eigenvalue weighted by Crippen LogP contribution is -2.43. The Kier molecular flexibility index (Phi) is 7.25. The van der Waals surface area contributed by atoms with E-state index < -0.39 is 5.82 Å². The molecule has 150 valence electrons. The van der Waals surface area contributed by atoms with Gasteiger partial charge in [-0.05, 0) is 30.3 Å². The summed E-state index contributed by atoms with van der Waals surface area (Å²) in [7, 11) is 2.15. The van der Waals surface area contributed by atoms with Crippen LogP contribution in [0.1, 0.15) is 11.1 Å². The van der Waals surface area contributed by atoms with Gasteiger partial charge in [0.25, 0.3) is 5.91 Å². The summed E-state index contributed by atoms with van der Waals surface area (Å²) in [6, 6.07) is 12.3. The highest BCUT2D eigenvalue weighted by Crippen LogP contribution is 2.20. The van der Waals surface area contributed by atoms with Crippen LogP contribution in [-0.2, 0) is 17.9 Å². The molecule has 3 rings (SSSR count). The number of nitrogens with one attached hydrogen (secondary N) is 1. The van der Waals surface area contributed by atoms with E-state index in [9.17, 15) is 9.18 Å². The molecule has 0 aromatic heterocycles. The minimum atomic E-state index is -0.519. The van der Waals surface area contributed by atoms with Gasteiger partial charge in [-0.15, -0.1) is 0 Å². The van der Waals surface area contributed by atoms with Crippen molar-refractivity contribution in [2.75, 3.05) is 39.8 Å². The Morgan fingerprint density at radius 2 is 1.89 bits per heavy atom. The van der Waals surface area contributed by atoms with Gasteiger partial charge >= 0.3 is 0 Å². The number of carbonyl (C=O) groups is 1. The highest BCUT2D eigenvalue weighted by molar-refractivity contribution is 6.30. The molecular formula is C21H25ClFN3O2. The van der Waals surface area contributed by atoms with Gasteiger partial charge in [0, 0.05) is 45.3 Å². The molecule has 2 aromatic rings. The topological polar surface area (TPSA) is 44.8 Å². The molecule has 0 unspecified atom stereocenters. The van der Waals surface area contributed by atoms with Crippen LogP contribution in [0.2, 0.25) is 5.02 Å². The molecular weight excluding hydrogens is 381 g/mol. The fraction of sp³-hybridized carbons (Fsp3) is 0.381. The van der Waals surface area contributed by atoms with Crippen LogP contribution < -0.4 is 10.1 Å². The number of piperazine rings is 1. The van der Waals surface area contributed by atoms with Crippen molar-refractivity contribution in [2.24, 2.45) is 0 Å². The second-order valence-corrected chi connectivity index (χ2v) is 7.45. The highest BCUT2D eigenvalue weighted by atomic mass is 35.5. The Hall–Kier alpha value is -2.15. The fourth-order valence-corrected chi connectivity index (χ4v) is 3.24. The second kappa shape index (κ2) is 9.87. The highest BCUT2D eigenvalue weighted by Gasteiger charge is 2.14. The molecule has 1 aliphatic rings. The molecule has 28 heavy (non-hydrogen) atoms. The summed E-state index contributed by atoms with van der Waals surface area (Å²) < 4.78 is 18.5. The smallest absolute Gasteiger partial charge is 0.258 e. The second-order valence-electron chi connectivity index (χ2n) is 7.04. The summed E-state index contributed by atoms with van der Waals surface area (Å²) in [5.74, 6) is -0.407. The van der Waals surface area contributed by atoms with E-state index in [1.54, 1.807) is 0 Å². The Morgan fingerprint density at radius 1 is 1.14 bits per heavy atom. The number of hydrogen-bond donors (Lipinski definition) is 1. The number of halogens is 2. The molecule has 0 aliphatic carbocycles. The number of nitrogens with zero attached hydrogens (tertiary/aromatic N) is 2. The number of ether oxygens (including phenoxy) is 1. The number of carbonyl (C=O) groups excluding carboxylic acids is 1. The lowest BCUT2D eigenvalue weighted by Gasteiger charge is -2.32. The molecule has 1 fully saturated rings. The minimum absolute atomic E-state index is 0.0323. The number of likely N-dealkylation sites (N-methyl/N-ethyl adjacent to an activating group) is 1. The Labute approximate surface area is 170 Å². The van der Waals surface area contributed by atoms with E-state index in [-0.39, 0.29) is 17.5 Å². The Bertz CT molecular complexity index is 810. The molecule has 1 N–H and O–H groups in total. The molecule has 0 bridgehead atoms.